The van der Waals surface area contributed by atoms with Crippen molar-refractivity contribution in [3.8, 4) is 0 Å². The summed E-state index contributed by atoms with van der Waals surface area (Å²) in [6.07, 6.45) is -1.60. The zero-order chi connectivity index (χ0) is 10.1. The second-order valence-electron chi connectivity index (χ2n) is 2.40. The van der Waals surface area contributed by atoms with Crippen LogP contribution < -0.4 is 51.4 Å². The first-order chi connectivity index (χ1) is 5.91. The molecule has 0 aliphatic carbocycles. The molecule has 0 fully saturated rings. The summed E-state index contributed by atoms with van der Waals surface area (Å²) in [6.45, 7) is 0. The molecule has 0 radical (unpaired) electrons. The van der Waals surface area contributed by atoms with Gasteiger partial charge in [0.2, 0.25) is 0 Å². The summed E-state index contributed by atoms with van der Waals surface area (Å²) in [5.74, 6) is 0. The van der Waals surface area contributed by atoms with Crippen LogP contribution >= 0.6 is 0 Å². The number of benzene rings is 1. The molecule has 0 saturated heterocycles. The first kappa shape index (κ1) is 15.1. The van der Waals surface area contributed by atoms with E-state index < -0.39 is 15.2 Å². The van der Waals surface area contributed by atoms with Crippen LogP contribution in [0.5, 0.6) is 0 Å². The molecule has 0 heterocycles. The van der Waals surface area contributed by atoms with Gasteiger partial charge in [0.25, 0.3) is 0 Å². The normalized spacial score (nSPS) is 11.1. The Morgan fingerprint density at radius 3 is 1.86 bits per heavy atom. The van der Waals surface area contributed by atoms with E-state index in [1.165, 1.54) is 24.3 Å². The van der Waals surface area contributed by atoms with E-state index in [0.717, 1.165) is 0 Å². The van der Waals surface area contributed by atoms with Gasteiger partial charge >= 0.3 is 51.4 Å². The van der Waals surface area contributed by atoms with Crippen LogP contribution in [0.1, 0.15) is 11.9 Å². The van der Waals surface area contributed by atoms with Gasteiger partial charge in [-0.15, -0.1) is 0 Å². The summed E-state index contributed by atoms with van der Waals surface area (Å²) in [5, 5.41) is 17.4. The number of hydrogen-bond donors (Lipinski definition) is 2. The molecule has 1 aromatic carbocycles. The van der Waals surface area contributed by atoms with Crippen molar-refractivity contribution >= 4 is 20.5 Å². The molecular weight excluding hydrogens is 251 g/mol. The molecule has 0 bridgehead atoms. The van der Waals surface area contributed by atoms with E-state index in [9.17, 15) is 8.42 Å². The van der Waals surface area contributed by atoms with Crippen molar-refractivity contribution in [3.63, 3.8) is 0 Å². The Morgan fingerprint density at radius 1 is 1.14 bits per heavy atom. The summed E-state index contributed by atoms with van der Waals surface area (Å²) in [6, 6.07) is 5.06. The maximum Gasteiger partial charge on any atom is 1.00 e. The minimum atomic E-state index is -3.63. The number of aliphatic hydroxyl groups excluding tert-OH is 1. The fraction of sp³-hybridized carbons (Fsp3) is 0.143. The van der Waals surface area contributed by atoms with Gasteiger partial charge in [-0.1, -0.05) is 12.1 Å². The van der Waals surface area contributed by atoms with Gasteiger partial charge in [-0.25, -0.2) is 8.42 Å². The van der Waals surface area contributed by atoms with E-state index in [1.807, 2.05) is 0 Å². The predicted octanol–water partition coefficient (Wildman–Crippen LogP) is -3.09. The monoisotopic (exact) mass is 258 g/mol. The largest absolute Gasteiger partial charge is 1.00 e. The van der Waals surface area contributed by atoms with Crippen LogP contribution in [0.3, 0.4) is 0 Å². The van der Waals surface area contributed by atoms with Crippen molar-refractivity contribution in [2.45, 2.75) is 11.2 Å². The predicted molar refractivity (Wildman–Crippen MR) is 48.2 cm³/mol. The number of hydrogen-bond acceptors (Lipinski definition) is 5. The number of aliphatic hydroxyl groups is 2. The average Bonchev–Trinajstić information content (AvgIpc) is 2.03. The Morgan fingerprint density at radius 2 is 1.57 bits per heavy atom. The van der Waals surface area contributed by atoms with Crippen LogP contribution in [0.2, 0.25) is 0 Å². The van der Waals surface area contributed by atoms with E-state index in [0.29, 0.717) is 0 Å². The van der Waals surface area contributed by atoms with Crippen LogP contribution in [0.4, 0.5) is 0 Å². The topological polar surface area (TPSA) is 74.6 Å². The zero-order valence-corrected chi connectivity index (χ0v) is 12.2. The minimum absolute atomic E-state index is 0. The fourth-order valence-electron chi connectivity index (χ4n) is 0.807. The van der Waals surface area contributed by atoms with E-state index >= 15 is 0 Å². The van der Waals surface area contributed by atoms with Gasteiger partial charge in [0.15, 0.2) is 6.29 Å². The summed E-state index contributed by atoms with van der Waals surface area (Å²) < 4.78 is 21.6. The third-order valence-electron chi connectivity index (χ3n) is 1.47. The molecule has 72 valence electrons. The molecule has 0 aromatic heterocycles. The molecule has 0 atom stereocenters. The second kappa shape index (κ2) is 5.97. The Labute approximate surface area is 129 Å². The maximum atomic E-state index is 10.8. The Balaban J connectivity index is 0.00000169. The molecule has 0 amide bonds. The first-order valence-electron chi connectivity index (χ1n) is 3.33. The van der Waals surface area contributed by atoms with Gasteiger partial charge in [0.05, 0.1) is 8.87 Å². The van der Waals surface area contributed by atoms with Crippen molar-refractivity contribution in [1.29, 1.82) is 0 Å². The van der Waals surface area contributed by atoms with E-state index in [4.69, 9.17) is 10.2 Å². The summed E-state index contributed by atoms with van der Waals surface area (Å²) >= 11 is 4.21. The van der Waals surface area contributed by atoms with Crippen molar-refractivity contribution < 1.29 is 70.0 Å². The van der Waals surface area contributed by atoms with Crippen LogP contribution in [0.25, 0.3) is 0 Å². The molecule has 1 rings (SSSR count). The van der Waals surface area contributed by atoms with E-state index in [-0.39, 0.29) is 61.8 Å². The SMILES string of the molecule is O=S(=O)([S-])c1ccc(C(O)O)cc1.[K+]. The Hall–Kier alpha value is 1.08. The maximum absolute atomic E-state index is 10.8. The molecule has 0 aliphatic heterocycles. The smallest absolute Gasteiger partial charge is 0.644 e. The first-order valence-corrected chi connectivity index (χ1v) is 5.74. The third-order valence-corrected chi connectivity index (χ3v) is 2.89. The van der Waals surface area contributed by atoms with Crippen LogP contribution in [-0.2, 0) is 20.5 Å². The standard InChI is InChI=1S/C7H8O4S2.K/c8-7(9)5-1-3-6(4-2-5)13(10,11)12;/h1-4,7-9H,(H,10,11,12);/q;+1/p-1. The van der Waals surface area contributed by atoms with Gasteiger partial charge < -0.3 is 21.9 Å². The summed E-state index contributed by atoms with van der Waals surface area (Å²) in [4.78, 5) is -0.0214. The molecule has 1 aromatic rings. The molecule has 7 heteroatoms. The third kappa shape index (κ3) is 4.29. The van der Waals surface area contributed by atoms with Crippen molar-refractivity contribution in [2.24, 2.45) is 0 Å². The second-order valence-corrected chi connectivity index (χ2v) is 5.09. The molecule has 0 aliphatic rings. The van der Waals surface area contributed by atoms with Crippen LogP contribution in [-0.4, -0.2) is 18.6 Å². The van der Waals surface area contributed by atoms with Gasteiger partial charge in [0.1, 0.15) is 0 Å². The molecule has 2 N–H and O–H groups in total. The Kier molecular flexibility index (Phi) is 6.43. The van der Waals surface area contributed by atoms with Gasteiger partial charge in [-0.05, 0) is 12.1 Å². The Bertz CT molecular complexity index is 385. The van der Waals surface area contributed by atoms with Crippen LogP contribution in [0, 0.1) is 0 Å². The molecule has 0 spiro atoms. The van der Waals surface area contributed by atoms with E-state index in [1.54, 1.807) is 0 Å². The summed E-state index contributed by atoms with van der Waals surface area (Å²) in [7, 11) is -3.63. The molecule has 14 heavy (non-hydrogen) atoms. The van der Waals surface area contributed by atoms with E-state index in [2.05, 4.69) is 11.7 Å². The van der Waals surface area contributed by atoms with Gasteiger partial charge in [-0.2, -0.15) is 0 Å². The van der Waals surface area contributed by atoms with Crippen molar-refractivity contribution in [3.05, 3.63) is 29.8 Å². The minimum Gasteiger partial charge on any atom is -0.644 e. The van der Waals surface area contributed by atoms with Gasteiger partial charge in [0, 0.05) is 10.5 Å². The molecular formula is C7H7KO4S2. The molecule has 4 nitrogen and oxygen atoms in total. The van der Waals surface area contributed by atoms with Gasteiger partial charge in [-0.3, -0.25) is 0 Å². The molecule has 0 unspecified atom stereocenters. The zero-order valence-electron chi connectivity index (χ0n) is 7.41. The molecule has 0 saturated carbocycles. The van der Waals surface area contributed by atoms with Crippen molar-refractivity contribution in [1.82, 2.24) is 0 Å². The average molecular weight is 258 g/mol. The number of rotatable bonds is 2. The van der Waals surface area contributed by atoms with Crippen molar-refractivity contribution in [2.75, 3.05) is 0 Å². The van der Waals surface area contributed by atoms with Crippen LogP contribution in [0.15, 0.2) is 29.2 Å². The summed E-state index contributed by atoms with van der Waals surface area (Å²) in [5.41, 5.74) is 0.224. The fourth-order valence-corrected chi connectivity index (χ4v) is 1.61. The quantitative estimate of drug-likeness (QED) is 0.254.